The fourth-order valence-electron chi connectivity index (χ4n) is 3.68. The molecule has 1 aliphatic heterocycles. The second-order valence-electron chi connectivity index (χ2n) is 5.98. The Morgan fingerprint density at radius 1 is 1.11 bits per heavy atom. The molecule has 0 spiro atoms. The third-order valence-corrected chi connectivity index (χ3v) is 4.77. The summed E-state index contributed by atoms with van der Waals surface area (Å²) in [5.74, 6) is 0.674. The molecule has 1 fully saturated rings. The van der Waals surface area contributed by atoms with Gasteiger partial charge in [0.2, 0.25) is 0 Å². The molecule has 19 heavy (non-hydrogen) atoms. The highest BCUT2D eigenvalue weighted by atomic mass is 16.5. The zero-order valence-corrected chi connectivity index (χ0v) is 12.0. The molecule has 2 aliphatic rings. The Kier molecular flexibility index (Phi) is 4.19. The summed E-state index contributed by atoms with van der Waals surface area (Å²) >= 11 is 0. The van der Waals surface area contributed by atoms with Gasteiger partial charge in [-0.3, -0.25) is 0 Å². The van der Waals surface area contributed by atoms with Crippen molar-refractivity contribution in [3.05, 3.63) is 34.9 Å². The lowest BCUT2D eigenvalue weighted by Gasteiger charge is -2.30. The van der Waals surface area contributed by atoms with Crippen LogP contribution in [0.2, 0.25) is 0 Å². The molecule has 1 saturated heterocycles. The van der Waals surface area contributed by atoms with Crippen molar-refractivity contribution in [2.75, 3.05) is 20.2 Å². The van der Waals surface area contributed by atoms with Crippen LogP contribution in [0.25, 0.3) is 0 Å². The van der Waals surface area contributed by atoms with E-state index >= 15 is 0 Å². The van der Waals surface area contributed by atoms with Gasteiger partial charge in [0, 0.05) is 7.11 Å². The second kappa shape index (κ2) is 6.06. The van der Waals surface area contributed by atoms with Crippen LogP contribution in [0.15, 0.2) is 18.2 Å². The van der Waals surface area contributed by atoms with Gasteiger partial charge in [0.1, 0.15) is 0 Å². The van der Waals surface area contributed by atoms with Crippen LogP contribution in [-0.2, 0) is 17.6 Å². The summed E-state index contributed by atoms with van der Waals surface area (Å²) < 4.78 is 5.84. The number of fused-ring (bicyclic) bond motifs is 1. The molecule has 0 amide bonds. The van der Waals surface area contributed by atoms with E-state index < -0.39 is 0 Å². The molecular formula is C17H25NO. The quantitative estimate of drug-likeness (QED) is 0.899. The monoisotopic (exact) mass is 259 g/mol. The average molecular weight is 259 g/mol. The lowest BCUT2D eigenvalue weighted by Crippen LogP contribution is -2.31. The summed E-state index contributed by atoms with van der Waals surface area (Å²) in [7, 11) is 1.87. The van der Waals surface area contributed by atoms with E-state index in [2.05, 4.69) is 23.5 Å². The van der Waals surface area contributed by atoms with E-state index in [1.807, 2.05) is 7.11 Å². The predicted molar refractivity (Wildman–Crippen MR) is 78.4 cm³/mol. The van der Waals surface area contributed by atoms with Crippen LogP contribution in [0.1, 0.15) is 48.5 Å². The lowest BCUT2D eigenvalue weighted by molar-refractivity contribution is 0.0382. The largest absolute Gasteiger partial charge is 0.376 e. The van der Waals surface area contributed by atoms with Gasteiger partial charge in [0.25, 0.3) is 0 Å². The minimum Gasteiger partial charge on any atom is -0.376 e. The summed E-state index contributed by atoms with van der Waals surface area (Å²) in [5.41, 5.74) is 4.53. The molecule has 0 bridgehead atoms. The maximum atomic E-state index is 5.84. The standard InChI is InChI=1S/C17H25NO/c1-19-17(14-8-10-18-11-9-14)16-7-6-13-4-2-3-5-15(13)12-16/h6-7,12,14,17-18H,2-5,8-11H2,1H3. The van der Waals surface area contributed by atoms with Crippen molar-refractivity contribution in [2.24, 2.45) is 5.92 Å². The smallest absolute Gasteiger partial charge is 0.0850 e. The van der Waals surface area contributed by atoms with Crippen LogP contribution in [0.5, 0.6) is 0 Å². The molecule has 104 valence electrons. The fraction of sp³-hybridized carbons (Fsp3) is 0.647. The van der Waals surface area contributed by atoms with Crippen molar-refractivity contribution in [2.45, 2.75) is 44.6 Å². The fourth-order valence-corrected chi connectivity index (χ4v) is 3.68. The number of piperidine rings is 1. The minimum absolute atomic E-state index is 0.286. The number of benzene rings is 1. The minimum atomic E-state index is 0.286. The van der Waals surface area contributed by atoms with Gasteiger partial charge in [-0.15, -0.1) is 0 Å². The first-order valence-corrected chi connectivity index (χ1v) is 7.73. The highest BCUT2D eigenvalue weighted by Gasteiger charge is 2.25. The molecule has 1 aromatic rings. The average Bonchev–Trinajstić information content (AvgIpc) is 2.49. The van der Waals surface area contributed by atoms with E-state index in [0.29, 0.717) is 5.92 Å². The molecule has 1 N–H and O–H groups in total. The Balaban J connectivity index is 1.82. The zero-order valence-electron chi connectivity index (χ0n) is 12.0. The Bertz CT molecular complexity index is 423. The van der Waals surface area contributed by atoms with E-state index in [0.717, 1.165) is 13.1 Å². The summed E-state index contributed by atoms with van der Waals surface area (Å²) in [5, 5.41) is 3.44. The molecule has 0 aromatic heterocycles. The molecule has 3 rings (SSSR count). The SMILES string of the molecule is COC(c1ccc2c(c1)CCCC2)C1CCNCC1. The van der Waals surface area contributed by atoms with Crippen LogP contribution >= 0.6 is 0 Å². The second-order valence-corrected chi connectivity index (χ2v) is 5.98. The van der Waals surface area contributed by atoms with Crippen molar-refractivity contribution in [3.63, 3.8) is 0 Å². The number of nitrogens with one attached hydrogen (secondary N) is 1. The van der Waals surface area contributed by atoms with E-state index in [1.54, 1.807) is 11.1 Å². The van der Waals surface area contributed by atoms with E-state index in [4.69, 9.17) is 4.74 Å². The maximum absolute atomic E-state index is 5.84. The van der Waals surface area contributed by atoms with Crippen molar-refractivity contribution in [1.29, 1.82) is 0 Å². The van der Waals surface area contributed by atoms with E-state index in [9.17, 15) is 0 Å². The van der Waals surface area contributed by atoms with Gasteiger partial charge in [-0.2, -0.15) is 0 Å². The first-order chi connectivity index (χ1) is 9.38. The van der Waals surface area contributed by atoms with Gasteiger partial charge < -0.3 is 10.1 Å². The van der Waals surface area contributed by atoms with Crippen molar-refractivity contribution in [1.82, 2.24) is 5.32 Å². The van der Waals surface area contributed by atoms with Gasteiger partial charge in [-0.25, -0.2) is 0 Å². The summed E-state index contributed by atoms with van der Waals surface area (Å²) in [4.78, 5) is 0. The maximum Gasteiger partial charge on any atom is 0.0850 e. The number of hydrogen-bond donors (Lipinski definition) is 1. The van der Waals surface area contributed by atoms with Crippen LogP contribution in [-0.4, -0.2) is 20.2 Å². The number of aryl methyl sites for hydroxylation is 2. The third kappa shape index (κ3) is 2.85. The number of rotatable bonds is 3. The van der Waals surface area contributed by atoms with Gasteiger partial charge >= 0.3 is 0 Å². The lowest BCUT2D eigenvalue weighted by atomic mass is 9.84. The Morgan fingerprint density at radius 2 is 1.84 bits per heavy atom. The summed E-state index contributed by atoms with van der Waals surface area (Å²) in [6, 6.07) is 7.07. The number of hydrogen-bond acceptors (Lipinski definition) is 2. The van der Waals surface area contributed by atoms with Gasteiger partial charge in [-0.1, -0.05) is 18.2 Å². The molecule has 1 heterocycles. The van der Waals surface area contributed by atoms with Gasteiger partial charge in [0.05, 0.1) is 6.10 Å². The molecular weight excluding hydrogens is 234 g/mol. The first-order valence-electron chi connectivity index (χ1n) is 7.73. The molecule has 1 aliphatic carbocycles. The first kappa shape index (κ1) is 13.1. The number of ether oxygens (including phenoxy) is 1. The zero-order chi connectivity index (χ0) is 13.1. The van der Waals surface area contributed by atoms with Gasteiger partial charge in [0.15, 0.2) is 0 Å². The van der Waals surface area contributed by atoms with Gasteiger partial charge in [-0.05, 0) is 74.2 Å². The molecule has 0 saturated carbocycles. The molecule has 1 unspecified atom stereocenters. The number of methoxy groups -OCH3 is 1. The molecule has 2 nitrogen and oxygen atoms in total. The summed E-state index contributed by atoms with van der Waals surface area (Å²) in [6.45, 7) is 2.27. The Labute approximate surface area is 116 Å². The van der Waals surface area contributed by atoms with Crippen LogP contribution in [0, 0.1) is 5.92 Å². The van der Waals surface area contributed by atoms with E-state index in [-0.39, 0.29) is 6.10 Å². The highest BCUT2D eigenvalue weighted by molar-refractivity contribution is 5.35. The van der Waals surface area contributed by atoms with Crippen molar-refractivity contribution >= 4 is 0 Å². The van der Waals surface area contributed by atoms with E-state index in [1.165, 1.54) is 44.1 Å². The molecule has 1 atom stereocenters. The topological polar surface area (TPSA) is 21.3 Å². The highest BCUT2D eigenvalue weighted by Crippen LogP contribution is 2.33. The van der Waals surface area contributed by atoms with Crippen LogP contribution in [0.3, 0.4) is 0 Å². The van der Waals surface area contributed by atoms with Crippen molar-refractivity contribution < 1.29 is 4.74 Å². The normalized spacial score (nSPS) is 21.9. The Hall–Kier alpha value is -0.860. The predicted octanol–water partition coefficient (Wildman–Crippen LogP) is 3.25. The summed E-state index contributed by atoms with van der Waals surface area (Å²) in [6.07, 6.45) is 7.97. The van der Waals surface area contributed by atoms with Crippen LogP contribution < -0.4 is 5.32 Å². The molecule has 1 aromatic carbocycles. The van der Waals surface area contributed by atoms with Crippen molar-refractivity contribution in [3.8, 4) is 0 Å². The third-order valence-electron chi connectivity index (χ3n) is 4.77. The molecule has 0 radical (unpaired) electrons. The Morgan fingerprint density at radius 3 is 2.58 bits per heavy atom. The van der Waals surface area contributed by atoms with Crippen LogP contribution in [0.4, 0.5) is 0 Å². The molecule has 2 heteroatoms.